The Kier molecular flexibility index (Phi) is 8.36. The van der Waals surface area contributed by atoms with Gasteiger partial charge in [-0.25, -0.2) is 14.4 Å². The van der Waals surface area contributed by atoms with Crippen molar-refractivity contribution in [1.29, 1.82) is 0 Å². The molecule has 0 aromatic heterocycles. The van der Waals surface area contributed by atoms with Gasteiger partial charge in [-0.05, 0) is 38.1 Å². The molecule has 0 aliphatic rings. The molecule has 0 radical (unpaired) electrons. The quantitative estimate of drug-likeness (QED) is 0.642. The third kappa shape index (κ3) is 7.69. The van der Waals surface area contributed by atoms with Gasteiger partial charge in [-0.15, -0.1) is 0 Å². The molecule has 1 unspecified atom stereocenters. The van der Waals surface area contributed by atoms with Crippen LogP contribution in [0.15, 0.2) is 48.5 Å². The molecule has 0 saturated carbocycles. The molecule has 8 nitrogen and oxygen atoms in total. The summed E-state index contributed by atoms with van der Waals surface area (Å²) in [5.74, 6) is -4.57. The van der Waals surface area contributed by atoms with Gasteiger partial charge in [-0.2, -0.15) is 0 Å². The summed E-state index contributed by atoms with van der Waals surface area (Å²) in [4.78, 5) is 43.0. The molecule has 148 valence electrons. The van der Waals surface area contributed by atoms with E-state index in [0.29, 0.717) is 5.56 Å². The molecule has 2 aromatic rings. The minimum absolute atomic E-state index is 0.178. The molecular weight excluding hydrogens is 368 g/mol. The predicted molar refractivity (Wildman–Crippen MR) is 98.4 cm³/mol. The van der Waals surface area contributed by atoms with E-state index in [2.05, 4.69) is 4.74 Å². The molecule has 0 heterocycles. The Labute approximate surface area is 161 Å². The number of aliphatic carboxylic acids is 2. The van der Waals surface area contributed by atoms with E-state index < -0.39 is 36.4 Å². The minimum atomic E-state index is -1.68. The van der Waals surface area contributed by atoms with E-state index in [1.165, 1.54) is 12.1 Å². The van der Waals surface area contributed by atoms with Gasteiger partial charge < -0.3 is 20.1 Å². The first-order valence-electron chi connectivity index (χ1n) is 8.12. The molecule has 2 aromatic carbocycles. The number of aryl methyl sites for hydroxylation is 2. The Morgan fingerprint density at radius 2 is 1.21 bits per heavy atom. The van der Waals surface area contributed by atoms with Crippen molar-refractivity contribution in [3.8, 4) is 0 Å². The van der Waals surface area contributed by atoms with Crippen molar-refractivity contribution in [3.05, 3.63) is 70.8 Å². The van der Waals surface area contributed by atoms with Crippen molar-refractivity contribution in [2.45, 2.75) is 26.4 Å². The van der Waals surface area contributed by atoms with E-state index in [1.54, 1.807) is 36.4 Å². The first-order chi connectivity index (χ1) is 13.1. The summed E-state index contributed by atoms with van der Waals surface area (Å²) in [5, 5.41) is 25.7. The number of ether oxygens (including phenoxy) is 1. The van der Waals surface area contributed by atoms with E-state index in [-0.39, 0.29) is 5.56 Å². The zero-order chi connectivity index (χ0) is 21.3. The fourth-order valence-electron chi connectivity index (χ4n) is 1.92. The lowest BCUT2D eigenvalue weighted by atomic mass is 10.1. The summed E-state index contributed by atoms with van der Waals surface area (Å²) >= 11 is 0. The Balaban J connectivity index is 0.000000330. The monoisotopic (exact) mass is 388 g/mol. The molecule has 0 saturated heterocycles. The van der Waals surface area contributed by atoms with Crippen LogP contribution in [0.1, 0.15) is 38.3 Å². The van der Waals surface area contributed by atoms with Crippen molar-refractivity contribution in [2.75, 3.05) is 0 Å². The molecule has 0 aliphatic heterocycles. The van der Waals surface area contributed by atoms with E-state index in [4.69, 9.17) is 15.3 Å². The van der Waals surface area contributed by atoms with Crippen LogP contribution in [-0.4, -0.2) is 45.3 Å². The van der Waals surface area contributed by atoms with Crippen LogP contribution >= 0.6 is 0 Å². The van der Waals surface area contributed by atoms with Gasteiger partial charge in [-0.1, -0.05) is 35.4 Å². The number of carbonyl (C=O) groups is 4. The normalized spacial score (nSPS) is 10.8. The molecular formula is C20H20O8. The van der Waals surface area contributed by atoms with E-state index in [9.17, 15) is 19.2 Å². The summed E-state index contributed by atoms with van der Waals surface area (Å²) in [5.41, 5.74) is 2.53. The highest BCUT2D eigenvalue weighted by Crippen LogP contribution is 2.08. The second-order valence-corrected chi connectivity index (χ2v) is 5.87. The van der Waals surface area contributed by atoms with Crippen molar-refractivity contribution in [3.63, 3.8) is 0 Å². The van der Waals surface area contributed by atoms with E-state index >= 15 is 0 Å². The van der Waals surface area contributed by atoms with Gasteiger partial charge in [0.25, 0.3) is 0 Å². The lowest BCUT2D eigenvalue weighted by Gasteiger charge is -2.11. The lowest BCUT2D eigenvalue weighted by Crippen LogP contribution is -2.29. The Hall–Kier alpha value is -3.68. The number of hydrogen-bond acceptors (Lipinski definition) is 5. The molecule has 3 N–H and O–H groups in total. The molecule has 0 fully saturated rings. The number of carboxylic acids is 3. The summed E-state index contributed by atoms with van der Waals surface area (Å²) in [7, 11) is 0. The highest BCUT2D eigenvalue weighted by Gasteiger charge is 2.25. The maximum absolute atomic E-state index is 11.6. The highest BCUT2D eigenvalue weighted by atomic mass is 16.6. The number of esters is 1. The number of hydrogen-bond donors (Lipinski definition) is 3. The smallest absolute Gasteiger partial charge is 0.345 e. The van der Waals surface area contributed by atoms with Crippen molar-refractivity contribution in [2.24, 2.45) is 0 Å². The zero-order valence-electron chi connectivity index (χ0n) is 15.3. The maximum atomic E-state index is 11.6. The standard InChI is InChI=1S/C12H12O6.C8H8O2/c1-7-2-4-8(5-3-7)12(17)18-9(11(15)16)6-10(13)14;1-6-2-4-7(5-3-6)8(9)10/h2-5,9H,6H2,1H3,(H,13,14)(H,15,16);2-5H,1H3,(H,9,10). The number of carboxylic acid groups (broad SMARTS) is 3. The van der Waals surface area contributed by atoms with Crippen LogP contribution < -0.4 is 0 Å². The van der Waals surface area contributed by atoms with Gasteiger partial charge in [0.15, 0.2) is 0 Å². The summed E-state index contributed by atoms with van der Waals surface area (Å²) in [6.45, 7) is 3.76. The van der Waals surface area contributed by atoms with E-state index in [1.807, 2.05) is 13.8 Å². The Bertz CT molecular complexity index is 838. The van der Waals surface area contributed by atoms with Crippen LogP contribution in [0, 0.1) is 13.8 Å². The van der Waals surface area contributed by atoms with Crippen LogP contribution in [0.5, 0.6) is 0 Å². The molecule has 0 amide bonds. The second kappa shape index (κ2) is 10.5. The molecule has 0 aliphatic carbocycles. The number of benzene rings is 2. The fourth-order valence-corrected chi connectivity index (χ4v) is 1.92. The molecule has 28 heavy (non-hydrogen) atoms. The Morgan fingerprint density at radius 1 is 0.786 bits per heavy atom. The first-order valence-corrected chi connectivity index (χ1v) is 8.12. The van der Waals surface area contributed by atoms with Gasteiger partial charge >= 0.3 is 23.9 Å². The number of carbonyl (C=O) groups excluding carboxylic acids is 1. The highest BCUT2D eigenvalue weighted by molar-refractivity contribution is 5.92. The molecule has 1 atom stereocenters. The fraction of sp³-hybridized carbons (Fsp3) is 0.200. The molecule has 0 spiro atoms. The SMILES string of the molecule is Cc1ccc(C(=O)O)cc1.Cc1ccc(C(=O)OC(CC(=O)O)C(=O)O)cc1. The second-order valence-electron chi connectivity index (χ2n) is 5.87. The van der Waals surface area contributed by atoms with Gasteiger partial charge in [0.05, 0.1) is 17.5 Å². The van der Waals surface area contributed by atoms with E-state index in [0.717, 1.165) is 11.1 Å². The van der Waals surface area contributed by atoms with Crippen molar-refractivity contribution in [1.82, 2.24) is 0 Å². The van der Waals surface area contributed by atoms with Crippen LogP contribution in [0.3, 0.4) is 0 Å². The largest absolute Gasteiger partial charge is 0.481 e. The predicted octanol–water partition coefficient (Wildman–Crippen LogP) is 2.77. The van der Waals surface area contributed by atoms with Gasteiger partial charge in [-0.3, -0.25) is 4.79 Å². The van der Waals surface area contributed by atoms with Crippen LogP contribution in [-0.2, 0) is 14.3 Å². The van der Waals surface area contributed by atoms with Gasteiger partial charge in [0.1, 0.15) is 0 Å². The van der Waals surface area contributed by atoms with Crippen molar-refractivity contribution >= 4 is 23.9 Å². The Morgan fingerprint density at radius 3 is 1.57 bits per heavy atom. The van der Waals surface area contributed by atoms with Crippen LogP contribution in [0.2, 0.25) is 0 Å². The first kappa shape index (κ1) is 22.4. The average molecular weight is 388 g/mol. The summed E-state index contributed by atoms with van der Waals surface area (Å²) < 4.78 is 4.63. The number of rotatable bonds is 6. The van der Waals surface area contributed by atoms with Crippen LogP contribution in [0.25, 0.3) is 0 Å². The van der Waals surface area contributed by atoms with Gasteiger partial charge in [0.2, 0.25) is 6.10 Å². The molecule has 0 bridgehead atoms. The zero-order valence-corrected chi connectivity index (χ0v) is 15.3. The third-order valence-electron chi connectivity index (χ3n) is 3.47. The summed E-state index contributed by atoms with van der Waals surface area (Å²) in [6, 6.07) is 13.1. The molecule has 2 rings (SSSR count). The van der Waals surface area contributed by atoms with Crippen LogP contribution in [0.4, 0.5) is 0 Å². The lowest BCUT2D eigenvalue weighted by molar-refractivity contribution is -0.153. The molecule has 8 heteroatoms. The number of aromatic carboxylic acids is 1. The van der Waals surface area contributed by atoms with Gasteiger partial charge in [0, 0.05) is 0 Å². The third-order valence-corrected chi connectivity index (χ3v) is 3.47. The van der Waals surface area contributed by atoms with Crippen molar-refractivity contribution < 1.29 is 39.2 Å². The topological polar surface area (TPSA) is 138 Å². The maximum Gasteiger partial charge on any atom is 0.345 e. The summed E-state index contributed by atoms with van der Waals surface area (Å²) in [6.07, 6.45) is -2.45. The minimum Gasteiger partial charge on any atom is -0.481 e. The average Bonchev–Trinajstić information content (AvgIpc) is 2.62.